The first-order valence-corrected chi connectivity index (χ1v) is 7.54. The number of rotatable bonds is 2. The van der Waals surface area contributed by atoms with Crippen LogP contribution in [0.3, 0.4) is 0 Å². The highest BCUT2D eigenvalue weighted by Crippen LogP contribution is 2.13. The minimum atomic E-state index is -0.0730. The normalized spacial score (nSPS) is 10.8. The van der Waals surface area contributed by atoms with Crippen LogP contribution < -0.4 is 10.9 Å². The average Bonchev–Trinajstić information content (AvgIpc) is 2.25. The first-order chi connectivity index (χ1) is 9.31. The lowest BCUT2D eigenvalue weighted by molar-refractivity contribution is 1.34. The van der Waals surface area contributed by atoms with E-state index < -0.39 is 0 Å². The van der Waals surface area contributed by atoms with Gasteiger partial charge in [-0.05, 0) is 41.5 Å². The van der Waals surface area contributed by atoms with E-state index >= 15 is 0 Å². The van der Waals surface area contributed by atoms with Crippen LogP contribution in [-0.2, 0) is 0 Å². The number of hydrogen-bond donors (Lipinski definition) is 0. The summed E-state index contributed by atoms with van der Waals surface area (Å²) in [6.07, 6.45) is -0.0730. The highest BCUT2D eigenvalue weighted by Gasteiger charge is 2.24. The Morgan fingerprint density at radius 2 is 0.850 bits per heavy atom. The van der Waals surface area contributed by atoms with Crippen molar-refractivity contribution in [1.82, 2.24) is 0 Å². The Kier molecular flexibility index (Phi) is 4.29. The molecule has 0 N–H and O–H groups in total. The van der Waals surface area contributed by atoms with Crippen LogP contribution >= 0.6 is 11.5 Å². The van der Waals surface area contributed by atoms with E-state index in [1.165, 1.54) is 44.3 Å². The Labute approximate surface area is 128 Å². The molecule has 20 heavy (non-hydrogen) atoms. The molecule has 0 fully saturated rings. The molecule has 0 saturated carbocycles. The van der Waals surface area contributed by atoms with Crippen molar-refractivity contribution in [1.29, 1.82) is 0 Å². The SMILES string of the molecule is Cc1cc(C)c(B(Cl)c2c(C)cc(C)cc2C)c(C)c1. The first kappa shape index (κ1) is 15.2. The monoisotopic (exact) mass is 284 g/mol. The van der Waals surface area contributed by atoms with Gasteiger partial charge >= 0.3 is 6.13 Å². The summed E-state index contributed by atoms with van der Waals surface area (Å²) >= 11 is 6.86. The molecule has 104 valence electrons. The van der Waals surface area contributed by atoms with Crippen LogP contribution in [0.4, 0.5) is 0 Å². The fraction of sp³-hybridized carbons (Fsp3) is 0.333. The lowest BCUT2D eigenvalue weighted by Crippen LogP contribution is -2.43. The van der Waals surface area contributed by atoms with Crippen LogP contribution in [0.1, 0.15) is 33.4 Å². The van der Waals surface area contributed by atoms with Crippen molar-refractivity contribution in [3.63, 3.8) is 0 Å². The van der Waals surface area contributed by atoms with Crippen LogP contribution in [0.2, 0.25) is 0 Å². The van der Waals surface area contributed by atoms with Crippen LogP contribution in [0, 0.1) is 41.5 Å². The molecule has 0 heterocycles. The van der Waals surface area contributed by atoms with Crippen LogP contribution in [0.25, 0.3) is 0 Å². The molecule has 0 radical (unpaired) electrons. The standard InChI is InChI=1S/C18H22BCl/c1-11-7-13(3)17(14(4)8-11)19(20)18-15(5)9-12(2)10-16(18)6/h7-10H,1-6H3. The van der Waals surface area contributed by atoms with Crippen molar-refractivity contribution in [2.75, 3.05) is 0 Å². The average molecular weight is 285 g/mol. The van der Waals surface area contributed by atoms with Gasteiger partial charge in [0.15, 0.2) is 0 Å². The molecular weight excluding hydrogens is 262 g/mol. The number of hydrogen-bond acceptors (Lipinski definition) is 0. The predicted octanol–water partition coefficient (Wildman–Crippen LogP) is 3.88. The van der Waals surface area contributed by atoms with Gasteiger partial charge in [-0.3, -0.25) is 0 Å². The summed E-state index contributed by atoms with van der Waals surface area (Å²) in [5, 5.41) is 0. The largest absolute Gasteiger partial charge is 0.316 e. The molecule has 0 spiro atoms. The van der Waals surface area contributed by atoms with Crippen molar-refractivity contribution in [2.45, 2.75) is 41.5 Å². The topological polar surface area (TPSA) is 0 Å². The Hall–Kier alpha value is -1.21. The maximum atomic E-state index is 6.86. The number of halogens is 1. The van der Waals surface area contributed by atoms with Gasteiger partial charge in [0, 0.05) is 0 Å². The predicted molar refractivity (Wildman–Crippen MR) is 92.2 cm³/mol. The minimum absolute atomic E-state index is 0.0730. The van der Waals surface area contributed by atoms with Crippen LogP contribution in [0.15, 0.2) is 24.3 Å². The lowest BCUT2D eigenvalue weighted by atomic mass is 9.56. The first-order valence-electron chi connectivity index (χ1n) is 7.10. The molecule has 0 atom stereocenters. The van der Waals surface area contributed by atoms with Gasteiger partial charge in [0.1, 0.15) is 0 Å². The van der Waals surface area contributed by atoms with Crippen molar-refractivity contribution >= 4 is 28.5 Å². The Morgan fingerprint density at radius 3 is 1.10 bits per heavy atom. The van der Waals surface area contributed by atoms with Crippen LogP contribution in [-0.4, -0.2) is 6.13 Å². The van der Waals surface area contributed by atoms with Crippen molar-refractivity contribution in [3.05, 3.63) is 57.6 Å². The second-order valence-electron chi connectivity index (χ2n) is 5.99. The van der Waals surface area contributed by atoms with E-state index in [-0.39, 0.29) is 6.13 Å². The summed E-state index contributed by atoms with van der Waals surface area (Å²) in [5.41, 5.74) is 10.2. The van der Waals surface area contributed by atoms with Gasteiger partial charge in [-0.15, -0.1) is 0 Å². The molecule has 0 aliphatic rings. The molecule has 0 nitrogen and oxygen atoms in total. The van der Waals surface area contributed by atoms with E-state index in [1.54, 1.807) is 0 Å². The van der Waals surface area contributed by atoms with Crippen molar-refractivity contribution < 1.29 is 0 Å². The quantitative estimate of drug-likeness (QED) is 0.734. The Balaban J connectivity index is 2.61. The highest BCUT2D eigenvalue weighted by atomic mass is 35.5. The molecule has 0 aliphatic heterocycles. The third-order valence-corrected chi connectivity index (χ3v) is 4.42. The molecule has 2 aromatic carbocycles. The molecule has 2 heteroatoms. The number of aryl methyl sites for hydroxylation is 6. The number of benzene rings is 2. The fourth-order valence-electron chi connectivity index (χ4n) is 3.33. The zero-order valence-electron chi connectivity index (χ0n) is 13.3. The minimum Gasteiger partial charge on any atom is -0.182 e. The van der Waals surface area contributed by atoms with E-state index in [2.05, 4.69) is 65.8 Å². The van der Waals surface area contributed by atoms with E-state index in [0.717, 1.165) is 0 Å². The smallest absolute Gasteiger partial charge is 0.182 e. The molecule has 0 saturated heterocycles. The van der Waals surface area contributed by atoms with Gasteiger partial charge in [-0.1, -0.05) is 68.6 Å². The molecule has 0 amide bonds. The lowest BCUT2D eigenvalue weighted by Gasteiger charge is -2.19. The maximum absolute atomic E-state index is 6.86. The molecule has 0 aromatic heterocycles. The van der Waals surface area contributed by atoms with Gasteiger partial charge in [0.2, 0.25) is 0 Å². The highest BCUT2D eigenvalue weighted by molar-refractivity contribution is 7.21. The molecule has 2 aromatic rings. The molecule has 0 bridgehead atoms. The summed E-state index contributed by atoms with van der Waals surface area (Å²) in [6, 6.07) is 8.88. The second kappa shape index (κ2) is 5.65. The zero-order valence-corrected chi connectivity index (χ0v) is 14.0. The summed E-state index contributed by atoms with van der Waals surface area (Å²) < 4.78 is 0. The van der Waals surface area contributed by atoms with E-state index in [1.807, 2.05) is 0 Å². The molecule has 0 unspecified atom stereocenters. The third kappa shape index (κ3) is 2.78. The van der Waals surface area contributed by atoms with E-state index in [9.17, 15) is 0 Å². The van der Waals surface area contributed by atoms with Gasteiger partial charge < -0.3 is 0 Å². The van der Waals surface area contributed by atoms with Gasteiger partial charge in [-0.25, -0.2) is 0 Å². The van der Waals surface area contributed by atoms with Crippen molar-refractivity contribution in [3.8, 4) is 0 Å². The molecule has 0 aliphatic carbocycles. The van der Waals surface area contributed by atoms with Gasteiger partial charge in [-0.2, -0.15) is 11.5 Å². The summed E-state index contributed by atoms with van der Waals surface area (Å²) in [7, 11) is 0. The van der Waals surface area contributed by atoms with Gasteiger partial charge in [0.25, 0.3) is 0 Å². The Bertz CT molecular complexity index is 555. The second-order valence-corrected chi connectivity index (χ2v) is 6.42. The van der Waals surface area contributed by atoms with Crippen LogP contribution in [0.5, 0.6) is 0 Å². The van der Waals surface area contributed by atoms with Crippen molar-refractivity contribution in [2.24, 2.45) is 0 Å². The summed E-state index contributed by atoms with van der Waals surface area (Å²) in [5.74, 6) is 0. The molecular formula is C18H22BCl. The summed E-state index contributed by atoms with van der Waals surface area (Å²) in [4.78, 5) is 0. The summed E-state index contributed by atoms with van der Waals surface area (Å²) in [6.45, 7) is 12.9. The zero-order chi connectivity index (χ0) is 15.0. The molecule has 2 rings (SSSR count). The van der Waals surface area contributed by atoms with E-state index in [0.29, 0.717) is 0 Å². The van der Waals surface area contributed by atoms with Gasteiger partial charge in [0.05, 0.1) is 0 Å². The van der Waals surface area contributed by atoms with E-state index in [4.69, 9.17) is 11.5 Å². The Morgan fingerprint density at radius 1 is 0.600 bits per heavy atom. The third-order valence-electron chi connectivity index (χ3n) is 3.98. The fourth-order valence-corrected chi connectivity index (χ4v) is 4.01. The maximum Gasteiger partial charge on any atom is 0.316 e.